The topological polar surface area (TPSA) is 17.6 Å². The van der Waals surface area contributed by atoms with Gasteiger partial charge in [0.15, 0.2) is 0 Å². The molecule has 0 N–H and O–H groups in total. The van der Waals surface area contributed by atoms with E-state index >= 15 is 0 Å². The Hall–Kier alpha value is -1.00. The third kappa shape index (κ3) is 15.0. The van der Waals surface area contributed by atoms with E-state index in [1.165, 1.54) is 77.3 Å². The maximum absolute atomic E-state index is 2.26. The highest BCUT2D eigenvalue weighted by atomic mass is 35.5. The monoisotopic (exact) mass is 432 g/mol. The zero-order valence-electron chi connectivity index (χ0n) is 18.5. The van der Waals surface area contributed by atoms with Crippen molar-refractivity contribution in [2.45, 2.75) is 91.1 Å². The van der Waals surface area contributed by atoms with Gasteiger partial charge in [-0.15, -0.1) is 0 Å². The van der Waals surface area contributed by atoms with Gasteiger partial charge in [-0.05, 0) is 25.7 Å². The van der Waals surface area contributed by atoms with Crippen LogP contribution in [0.15, 0.2) is 37.4 Å². The first-order valence-electron chi connectivity index (χ1n) is 10.7. The smallest absolute Gasteiger partial charge is 0.243 e. The van der Waals surface area contributed by atoms with Crippen LogP contribution >= 0.6 is 0 Å². The molecule has 0 radical (unpaired) electrons. The van der Waals surface area contributed by atoms with E-state index in [0.29, 0.717) is 0 Å². The van der Waals surface area contributed by atoms with Crippen LogP contribution in [-0.2, 0) is 27.2 Å². The van der Waals surface area contributed by atoms with Crippen molar-refractivity contribution >= 4 is 0 Å². The van der Waals surface area contributed by atoms with Gasteiger partial charge in [0.1, 0.15) is 24.8 Å². The van der Waals surface area contributed by atoms with Gasteiger partial charge in [-0.25, -0.2) is 18.3 Å². The largest absolute Gasteiger partial charge is 1.00 e. The molecular weight excluding hydrogens is 391 g/mol. The number of aromatic nitrogens is 4. The van der Waals surface area contributed by atoms with Crippen molar-refractivity contribution in [2.24, 2.45) is 14.1 Å². The lowest BCUT2D eigenvalue weighted by Gasteiger charge is -1.98. The number of halogens is 2. The Morgan fingerprint density at radius 1 is 0.571 bits per heavy atom. The van der Waals surface area contributed by atoms with Crippen LogP contribution in [0.25, 0.3) is 0 Å². The fourth-order valence-corrected chi connectivity index (χ4v) is 3.06. The minimum atomic E-state index is 0. The van der Waals surface area contributed by atoms with Crippen molar-refractivity contribution in [1.29, 1.82) is 0 Å². The summed E-state index contributed by atoms with van der Waals surface area (Å²) in [6.45, 7) is 6.85. The lowest BCUT2D eigenvalue weighted by atomic mass is 10.1. The predicted octanol–water partition coefficient (Wildman–Crippen LogP) is -1.43. The normalized spacial score (nSPS) is 9.86. The molecule has 0 aromatic carbocycles. The molecule has 0 saturated heterocycles. The average molecular weight is 434 g/mol. The van der Waals surface area contributed by atoms with E-state index in [0.717, 1.165) is 0 Å². The van der Waals surface area contributed by atoms with Crippen LogP contribution in [0, 0.1) is 0 Å². The summed E-state index contributed by atoms with van der Waals surface area (Å²) in [5.74, 6) is 0. The van der Waals surface area contributed by atoms with Crippen LogP contribution in [0.3, 0.4) is 0 Å². The number of imidazole rings is 2. The van der Waals surface area contributed by atoms with Gasteiger partial charge in [0.25, 0.3) is 0 Å². The van der Waals surface area contributed by atoms with Gasteiger partial charge in [0.05, 0.1) is 27.2 Å². The highest BCUT2D eigenvalue weighted by Gasteiger charge is 1.99. The van der Waals surface area contributed by atoms with Gasteiger partial charge < -0.3 is 24.8 Å². The Bertz CT molecular complexity index is 566. The Labute approximate surface area is 185 Å². The molecule has 0 amide bonds. The Kier molecular flexibility index (Phi) is 20.2. The minimum absolute atomic E-state index is 0. The van der Waals surface area contributed by atoms with Crippen LogP contribution < -0.4 is 33.9 Å². The predicted molar refractivity (Wildman–Crippen MR) is 109 cm³/mol. The molecule has 0 bridgehead atoms. The van der Waals surface area contributed by atoms with Crippen molar-refractivity contribution in [3.63, 3.8) is 0 Å². The summed E-state index contributed by atoms with van der Waals surface area (Å²) >= 11 is 0. The van der Waals surface area contributed by atoms with Gasteiger partial charge in [0, 0.05) is 0 Å². The molecule has 28 heavy (non-hydrogen) atoms. The van der Waals surface area contributed by atoms with E-state index in [1.807, 2.05) is 0 Å². The lowest BCUT2D eigenvalue weighted by Crippen LogP contribution is -3.00. The molecule has 2 rings (SSSR count). The molecule has 0 unspecified atom stereocenters. The third-order valence-corrected chi connectivity index (χ3v) is 4.69. The summed E-state index contributed by atoms with van der Waals surface area (Å²) in [7, 11) is 4.13. The Morgan fingerprint density at radius 3 is 1.29 bits per heavy atom. The van der Waals surface area contributed by atoms with E-state index < -0.39 is 0 Å². The van der Waals surface area contributed by atoms with Crippen molar-refractivity contribution in [1.82, 2.24) is 9.13 Å². The molecule has 0 spiro atoms. The average Bonchev–Trinajstić information content (AvgIpc) is 3.24. The molecule has 0 aliphatic carbocycles. The molecule has 0 fully saturated rings. The van der Waals surface area contributed by atoms with Crippen LogP contribution in [0.2, 0.25) is 0 Å². The molecule has 2 heterocycles. The molecule has 164 valence electrons. The first-order valence-corrected chi connectivity index (χ1v) is 10.7. The summed E-state index contributed by atoms with van der Waals surface area (Å²) in [5, 5.41) is 0. The summed E-state index contributed by atoms with van der Waals surface area (Å²) < 4.78 is 8.69. The quantitative estimate of drug-likeness (QED) is 0.289. The van der Waals surface area contributed by atoms with Gasteiger partial charge in [0.2, 0.25) is 12.7 Å². The second-order valence-corrected chi connectivity index (χ2v) is 7.46. The fraction of sp³-hybridized carbons (Fsp3) is 0.727. The number of rotatable bonds is 12. The first kappa shape index (κ1) is 29.2. The fourth-order valence-electron chi connectivity index (χ4n) is 3.06. The maximum Gasteiger partial charge on any atom is 0.243 e. The summed E-state index contributed by atoms with van der Waals surface area (Å²) in [6.07, 6.45) is 26.3. The van der Waals surface area contributed by atoms with Crippen molar-refractivity contribution in [2.75, 3.05) is 0 Å². The Balaban J connectivity index is 0. The molecule has 6 heteroatoms. The zero-order valence-corrected chi connectivity index (χ0v) is 20.0. The van der Waals surface area contributed by atoms with Gasteiger partial charge in [-0.3, -0.25) is 0 Å². The summed E-state index contributed by atoms with van der Waals surface area (Å²) in [4.78, 5) is 0. The first-order chi connectivity index (χ1) is 12.7. The second kappa shape index (κ2) is 19.3. The molecule has 2 aromatic heterocycles. The zero-order chi connectivity index (χ0) is 19.0. The third-order valence-electron chi connectivity index (χ3n) is 4.69. The van der Waals surface area contributed by atoms with E-state index in [-0.39, 0.29) is 24.8 Å². The van der Waals surface area contributed by atoms with Crippen molar-refractivity contribution < 1.29 is 33.9 Å². The second-order valence-electron chi connectivity index (χ2n) is 7.46. The molecule has 0 atom stereocenters. The van der Waals surface area contributed by atoms with Crippen LogP contribution in [-0.4, -0.2) is 9.13 Å². The number of unbranched alkanes of at least 4 members (excludes halogenated alkanes) is 8. The Morgan fingerprint density at radius 2 is 0.929 bits per heavy atom. The van der Waals surface area contributed by atoms with Gasteiger partial charge >= 0.3 is 0 Å². The van der Waals surface area contributed by atoms with Gasteiger partial charge in [-0.1, -0.05) is 52.4 Å². The van der Waals surface area contributed by atoms with E-state index in [1.54, 1.807) is 0 Å². The van der Waals surface area contributed by atoms with Crippen LogP contribution in [0.5, 0.6) is 0 Å². The molecule has 4 nitrogen and oxygen atoms in total. The lowest BCUT2D eigenvalue weighted by molar-refractivity contribution is -0.671. The highest BCUT2D eigenvalue weighted by Crippen LogP contribution is 2.05. The van der Waals surface area contributed by atoms with E-state index in [4.69, 9.17) is 0 Å². The molecule has 0 aliphatic rings. The van der Waals surface area contributed by atoms with E-state index in [2.05, 4.69) is 83.7 Å². The minimum Gasteiger partial charge on any atom is -1.00 e. The number of hydrogen-bond donors (Lipinski definition) is 0. The van der Waals surface area contributed by atoms with Crippen molar-refractivity contribution in [3.8, 4) is 0 Å². The van der Waals surface area contributed by atoms with Crippen LogP contribution in [0.4, 0.5) is 0 Å². The van der Waals surface area contributed by atoms with Gasteiger partial charge in [-0.2, -0.15) is 0 Å². The number of aryl methyl sites for hydroxylation is 4. The maximum atomic E-state index is 2.26. The standard InChI is InChI=1S/C12H23N2.C10H19N2.2ClH/c1-3-4-5-6-7-8-9-14-11-10-13(2)12-14;1-3-4-5-6-7-12-9-8-11(2)10-12;;/h10-12H,3-9H2,1-2H3;8-10H,3-7H2,1-2H3;2*1H/q2*+1;;/p-2. The SMILES string of the molecule is CCCCCCCCn1cc[n+](C)c1.CCCCCCn1cc[n+](C)c1.[Cl-].[Cl-]. The van der Waals surface area contributed by atoms with Crippen molar-refractivity contribution in [3.05, 3.63) is 37.4 Å². The molecule has 0 aliphatic heterocycles. The number of hydrogen-bond acceptors (Lipinski definition) is 0. The summed E-state index contributed by atoms with van der Waals surface area (Å²) in [5.41, 5.74) is 0. The number of nitrogens with zero attached hydrogens (tertiary/aromatic N) is 4. The molecular formula is C22H42Cl2N4. The van der Waals surface area contributed by atoms with Crippen LogP contribution in [0.1, 0.15) is 78.1 Å². The van der Waals surface area contributed by atoms with E-state index in [9.17, 15) is 0 Å². The summed E-state index contributed by atoms with van der Waals surface area (Å²) in [6, 6.07) is 0. The molecule has 0 saturated carbocycles. The molecule has 2 aromatic rings. The highest BCUT2D eigenvalue weighted by molar-refractivity contribution is 4.66.